The molecule has 2 atom stereocenters. The molecule has 0 aromatic carbocycles. The first-order valence-electron chi connectivity index (χ1n) is 6.98. The lowest BCUT2D eigenvalue weighted by atomic mass is 10.0. The minimum Gasteiger partial charge on any atom is -0.352 e. The summed E-state index contributed by atoms with van der Waals surface area (Å²) in [5.41, 5.74) is 4.69. The number of amides is 4. The highest BCUT2D eigenvalue weighted by atomic mass is 35.5. The third-order valence-electron chi connectivity index (χ3n) is 4.31. The lowest BCUT2D eigenvalue weighted by Crippen LogP contribution is -2.51. The van der Waals surface area contributed by atoms with Crippen molar-refractivity contribution < 1.29 is 14.4 Å². The predicted molar refractivity (Wildman–Crippen MR) is 79.9 cm³/mol. The molecule has 1 aliphatic carbocycles. The maximum absolute atomic E-state index is 12.1. The van der Waals surface area contributed by atoms with Crippen LogP contribution in [-0.2, 0) is 9.59 Å². The SMILES string of the molecule is CC1(C)C(=O)NC(=O)N1CC(=O)NC1CCCC1CN.Cl. The van der Waals surface area contributed by atoms with E-state index in [2.05, 4.69) is 10.6 Å². The second-order valence-corrected chi connectivity index (χ2v) is 6.01. The first kappa shape index (κ1) is 17.7. The van der Waals surface area contributed by atoms with E-state index in [-0.39, 0.29) is 36.8 Å². The molecule has 1 saturated carbocycles. The maximum Gasteiger partial charge on any atom is 0.325 e. The molecule has 8 heteroatoms. The highest BCUT2D eigenvalue weighted by Crippen LogP contribution is 2.25. The number of hydrogen-bond donors (Lipinski definition) is 3. The normalized spacial score (nSPS) is 27.3. The molecule has 1 heterocycles. The van der Waals surface area contributed by atoms with Crippen LogP contribution in [0.25, 0.3) is 0 Å². The van der Waals surface area contributed by atoms with Crippen LogP contribution in [0.2, 0.25) is 0 Å². The molecule has 4 amide bonds. The fourth-order valence-corrected chi connectivity index (χ4v) is 2.87. The minimum absolute atomic E-state index is 0. The third-order valence-corrected chi connectivity index (χ3v) is 4.31. The number of nitrogens with zero attached hydrogens (tertiary/aromatic N) is 1. The molecule has 7 nitrogen and oxygen atoms in total. The monoisotopic (exact) mass is 318 g/mol. The molecular formula is C13H23ClN4O3. The van der Waals surface area contributed by atoms with E-state index in [0.29, 0.717) is 12.5 Å². The summed E-state index contributed by atoms with van der Waals surface area (Å²) in [4.78, 5) is 36.6. The van der Waals surface area contributed by atoms with Crippen LogP contribution in [0.3, 0.4) is 0 Å². The molecule has 0 spiro atoms. The van der Waals surface area contributed by atoms with Crippen LogP contribution in [0.15, 0.2) is 0 Å². The van der Waals surface area contributed by atoms with Gasteiger partial charge in [-0.2, -0.15) is 0 Å². The van der Waals surface area contributed by atoms with E-state index < -0.39 is 11.6 Å². The second kappa shape index (κ2) is 6.62. The standard InChI is InChI=1S/C13H22N4O3.ClH/c1-13(2)11(19)16-12(20)17(13)7-10(18)15-9-5-3-4-8(9)6-14;/h8-9H,3-7,14H2,1-2H3,(H,15,18)(H,16,19,20);1H. The Balaban J connectivity index is 0.00000220. The van der Waals surface area contributed by atoms with Crippen molar-refractivity contribution in [2.75, 3.05) is 13.1 Å². The van der Waals surface area contributed by atoms with E-state index in [4.69, 9.17) is 5.73 Å². The Bertz CT molecular complexity index is 441. The summed E-state index contributed by atoms with van der Waals surface area (Å²) in [5, 5.41) is 5.15. The number of carbonyl (C=O) groups excluding carboxylic acids is 3. The van der Waals surface area contributed by atoms with E-state index in [1.165, 1.54) is 4.90 Å². The Labute approximate surface area is 130 Å². The summed E-state index contributed by atoms with van der Waals surface area (Å²) in [6.45, 7) is 3.69. The number of nitrogens with two attached hydrogens (primary N) is 1. The molecule has 2 fully saturated rings. The molecule has 0 bridgehead atoms. The molecule has 1 saturated heterocycles. The Morgan fingerprint density at radius 1 is 1.43 bits per heavy atom. The highest BCUT2D eigenvalue weighted by molar-refractivity contribution is 6.07. The molecule has 1 aliphatic heterocycles. The van der Waals surface area contributed by atoms with Crippen molar-refractivity contribution in [2.24, 2.45) is 11.7 Å². The van der Waals surface area contributed by atoms with E-state index in [9.17, 15) is 14.4 Å². The lowest BCUT2D eigenvalue weighted by Gasteiger charge is -2.28. The summed E-state index contributed by atoms with van der Waals surface area (Å²) in [7, 11) is 0. The van der Waals surface area contributed by atoms with Gasteiger partial charge >= 0.3 is 6.03 Å². The highest BCUT2D eigenvalue weighted by Gasteiger charge is 2.46. The van der Waals surface area contributed by atoms with E-state index >= 15 is 0 Å². The number of halogens is 1. The van der Waals surface area contributed by atoms with Gasteiger partial charge in [0.25, 0.3) is 5.91 Å². The van der Waals surface area contributed by atoms with Gasteiger partial charge in [-0.25, -0.2) is 4.79 Å². The van der Waals surface area contributed by atoms with Crippen LogP contribution < -0.4 is 16.4 Å². The molecule has 21 heavy (non-hydrogen) atoms. The van der Waals surface area contributed by atoms with Gasteiger partial charge in [0.05, 0.1) is 0 Å². The number of hydrogen-bond acceptors (Lipinski definition) is 4. The van der Waals surface area contributed by atoms with Crippen LogP contribution in [0.1, 0.15) is 33.1 Å². The molecular weight excluding hydrogens is 296 g/mol. The van der Waals surface area contributed by atoms with Crippen molar-refractivity contribution in [2.45, 2.75) is 44.7 Å². The molecule has 0 radical (unpaired) electrons. The number of carbonyl (C=O) groups is 3. The van der Waals surface area contributed by atoms with E-state index in [1.807, 2.05) is 0 Å². The maximum atomic E-state index is 12.1. The van der Waals surface area contributed by atoms with E-state index in [1.54, 1.807) is 13.8 Å². The van der Waals surface area contributed by atoms with Gasteiger partial charge in [0.15, 0.2) is 0 Å². The first-order valence-corrected chi connectivity index (χ1v) is 6.98. The van der Waals surface area contributed by atoms with E-state index in [0.717, 1.165) is 19.3 Å². The summed E-state index contributed by atoms with van der Waals surface area (Å²) in [5.74, 6) is -0.315. The minimum atomic E-state index is -0.989. The molecule has 2 aliphatic rings. The fourth-order valence-electron chi connectivity index (χ4n) is 2.87. The van der Waals surface area contributed by atoms with Crippen LogP contribution in [-0.4, -0.2) is 47.4 Å². The van der Waals surface area contributed by atoms with Crippen LogP contribution in [0.4, 0.5) is 4.79 Å². The lowest BCUT2D eigenvalue weighted by molar-refractivity contribution is -0.127. The number of urea groups is 1. The fraction of sp³-hybridized carbons (Fsp3) is 0.769. The van der Waals surface area contributed by atoms with Crippen molar-refractivity contribution in [1.29, 1.82) is 0 Å². The van der Waals surface area contributed by atoms with Gasteiger partial charge in [0, 0.05) is 6.04 Å². The quantitative estimate of drug-likeness (QED) is 0.634. The third kappa shape index (κ3) is 3.47. The van der Waals surface area contributed by atoms with Gasteiger partial charge in [0.1, 0.15) is 12.1 Å². The van der Waals surface area contributed by atoms with Gasteiger partial charge in [-0.3, -0.25) is 14.9 Å². The summed E-state index contributed by atoms with van der Waals surface area (Å²) >= 11 is 0. The van der Waals surface area contributed by atoms with Crippen molar-refractivity contribution >= 4 is 30.3 Å². The van der Waals surface area contributed by atoms with Crippen molar-refractivity contribution in [3.63, 3.8) is 0 Å². The van der Waals surface area contributed by atoms with Gasteiger partial charge in [0.2, 0.25) is 5.91 Å². The summed E-state index contributed by atoms with van der Waals surface area (Å²) < 4.78 is 0. The summed E-state index contributed by atoms with van der Waals surface area (Å²) in [6, 6.07) is -0.436. The van der Waals surface area contributed by atoms with Crippen molar-refractivity contribution in [3.8, 4) is 0 Å². The van der Waals surface area contributed by atoms with Crippen LogP contribution in [0.5, 0.6) is 0 Å². The number of nitrogens with one attached hydrogen (secondary N) is 2. The smallest absolute Gasteiger partial charge is 0.325 e. The molecule has 2 unspecified atom stereocenters. The topological polar surface area (TPSA) is 105 Å². The van der Waals surface area contributed by atoms with Gasteiger partial charge in [-0.1, -0.05) is 6.42 Å². The van der Waals surface area contributed by atoms with Crippen LogP contribution >= 0.6 is 12.4 Å². The first-order chi connectivity index (χ1) is 9.36. The Morgan fingerprint density at radius 3 is 2.62 bits per heavy atom. The molecule has 0 aromatic rings. The van der Waals surface area contributed by atoms with Gasteiger partial charge < -0.3 is 16.0 Å². The predicted octanol–water partition coefficient (Wildman–Crippen LogP) is -0.0178. The average Bonchev–Trinajstić information content (AvgIpc) is 2.88. The largest absolute Gasteiger partial charge is 0.352 e. The van der Waals surface area contributed by atoms with Gasteiger partial charge in [-0.05, 0) is 39.2 Å². The zero-order valence-electron chi connectivity index (χ0n) is 12.3. The summed E-state index contributed by atoms with van der Waals surface area (Å²) in [6.07, 6.45) is 3.00. The van der Waals surface area contributed by atoms with Crippen molar-refractivity contribution in [1.82, 2.24) is 15.5 Å². The Hall–Kier alpha value is -1.34. The zero-order valence-corrected chi connectivity index (χ0v) is 13.2. The van der Waals surface area contributed by atoms with Gasteiger partial charge in [-0.15, -0.1) is 12.4 Å². The average molecular weight is 319 g/mol. The molecule has 4 N–H and O–H groups in total. The molecule has 2 rings (SSSR count). The Morgan fingerprint density at radius 2 is 2.10 bits per heavy atom. The van der Waals surface area contributed by atoms with Crippen LogP contribution in [0, 0.1) is 5.92 Å². The number of rotatable bonds is 4. The second-order valence-electron chi connectivity index (χ2n) is 6.01. The number of imide groups is 1. The Kier molecular flexibility index (Phi) is 5.58. The zero-order chi connectivity index (χ0) is 14.9. The van der Waals surface area contributed by atoms with Crippen molar-refractivity contribution in [3.05, 3.63) is 0 Å². The molecule has 0 aromatic heterocycles. The molecule has 120 valence electrons.